The van der Waals surface area contributed by atoms with Crippen LogP contribution in [0.2, 0.25) is 0 Å². The van der Waals surface area contributed by atoms with E-state index >= 15 is 0 Å². The summed E-state index contributed by atoms with van der Waals surface area (Å²) in [7, 11) is 0. The van der Waals surface area contributed by atoms with E-state index in [0.29, 0.717) is 11.6 Å². The number of nitrogens with zero attached hydrogens (tertiary/aromatic N) is 2. The predicted molar refractivity (Wildman–Crippen MR) is 70.7 cm³/mol. The van der Waals surface area contributed by atoms with E-state index in [1.165, 1.54) is 0 Å². The molecule has 100 valence electrons. The average molecular weight is 261 g/mol. The van der Waals surface area contributed by atoms with Gasteiger partial charge in [0.15, 0.2) is 0 Å². The number of carbonyl (C=O) groups excluding carboxylic acids is 1. The van der Waals surface area contributed by atoms with Gasteiger partial charge in [0.25, 0.3) is 0 Å². The second-order valence-electron chi connectivity index (χ2n) is 4.12. The highest BCUT2D eigenvalue weighted by molar-refractivity contribution is 5.98. The van der Waals surface area contributed by atoms with Crippen molar-refractivity contribution in [3.8, 4) is 0 Å². The second kappa shape index (κ2) is 5.49. The Balaban J connectivity index is 2.00. The number of rotatable bonds is 3. The van der Waals surface area contributed by atoms with Crippen LogP contribution < -0.4 is 16.4 Å². The monoisotopic (exact) mass is 261 g/mol. The number of aryl methyl sites for hydroxylation is 1. The lowest BCUT2D eigenvalue weighted by Gasteiger charge is -2.09. The Labute approximate surface area is 110 Å². The Morgan fingerprint density at radius 2 is 2.16 bits per heavy atom. The lowest BCUT2D eigenvalue weighted by molar-refractivity contribution is 0.261. The summed E-state index contributed by atoms with van der Waals surface area (Å²) in [6, 6.07) is 6.81. The van der Waals surface area contributed by atoms with Crippen LogP contribution in [0.15, 0.2) is 28.7 Å². The second-order valence-corrected chi connectivity index (χ2v) is 4.12. The van der Waals surface area contributed by atoms with Crippen LogP contribution in [0, 0.1) is 6.92 Å². The fraction of sp³-hybridized carbons (Fsp3) is 0.250. The molecule has 0 aliphatic carbocycles. The maximum atomic E-state index is 11.7. The van der Waals surface area contributed by atoms with Crippen LogP contribution in [0.1, 0.15) is 24.4 Å². The van der Waals surface area contributed by atoms with Gasteiger partial charge in [-0.1, -0.05) is 17.2 Å². The predicted octanol–water partition coefficient (Wildman–Crippen LogP) is 2.04. The number of nitrogens with one attached hydrogen (secondary N) is 2. The summed E-state index contributed by atoms with van der Waals surface area (Å²) in [6.45, 7) is 3.52. The molecule has 19 heavy (non-hydrogen) atoms. The number of amides is 2. The molecule has 1 heterocycles. The van der Waals surface area contributed by atoms with Crippen LogP contribution in [-0.2, 0) is 0 Å². The van der Waals surface area contributed by atoms with Gasteiger partial charge in [-0.3, -0.25) is 5.32 Å². The van der Waals surface area contributed by atoms with Crippen molar-refractivity contribution in [2.45, 2.75) is 19.9 Å². The van der Waals surface area contributed by atoms with Gasteiger partial charge >= 0.3 is 12.0 Å². The van der Waals surface area contributed by atoms with Gasteiger partial charge < -0.3 is 15.5 Å². The highest BCUT2D eigenvalue weighted by Gasteiger charge is 2.08. The number of aromatic nitrogens is 2. The topological polar surface area (TPSA) is 106 Å². The minimum atomic E-state index is -0.453. The average Bonchev–Trinajstić information content (AvgIpc) is 2.74. The van der Waals surface area contributed by atoms with Crippen LogP contribution in [0.3, 0.4) is 0 Å². The molecule has 2 rings (SSSR count). The van der Waals surface area contributed by atoms with Gasteiger partial charge in [0, 0.05) is 18.7 Å². The molecule has 0 radical (unpaired) electrons. The van der Waals surface area contributed by atoms with Crippen molar-refractivity contribution < 1.29 is 9.21 Å². The number of carbonyl (C=O) groups is 1. The standard InChI is InChI=1S/C12H15N5O2/c1-7(13)9-4-3-5-10(6-9)14-11(18)15-12-17-16-8(2)19-12/h3-7H,13H2,1-2H3,(H2,14,15,17,18). The van der Waals surface area contributed by atoms with Crippen LogP contribution in [-0.4, -0.2) is 16.2 Å². The van der Waals surface area contributed by atoms with Crippen molar-refractivity contribution in [1.82, 2.24) is 10.2 Å². The maximum Gasteiger partial charge on any atom is 0.327 e. The molecule has 0 bridgehead atoms. The van der Waals surface area contributed by atoms with E-state index in [-0.39, 0.29) is 12.1 Å². The normalized spacial score (nSPS) is 11.9. The molecule has 0 saturated heterocycles. The smallest absolute Gasteiger partial charge is 0.327 e. The lowest BCUT2D eigenvalue weighted by Crippen LogP contribution is -2.19. The van der Waals surface area contributed by atoms with E-state index in [1.54, 1.807) is 13.0 Å². The van der Waals surface area contributed by atoms with E-state index in [4.69, 9.17) is 10.2 Å². The Morgan fingerprint density at radius 3 is 2.79 bits per heavy atom. The van der Waals surface area contributed by atoms with Gasteiger partial charge in [-0.2, -0.15) is 0 Å². The summed E-state index contributed by atoms with van der Waals surface area (Å²) >= 11 is 0. The number of nitrogens with two attached hydrogens (primary N) is 1. The number of anilines is 2. The number of hydrogen-bond acceptors (Lipinski definition) is 5. The molecule has 0 aliphatic heterocycles. The van der Waals surface area contributed by atoms with Gasteiger partial charge in [-0.15, -0.1) is 5.10 Å². The molecule has 1 aromatic carbocycles. The minimum Gasteiger partial charge on any atom is -0.408 e. The number of hydrogen-bond donors (Lipinski definition) is 3. The molecule has 1 atom stereocenters. The highest BCUT2D eigenvalue weighted by Crippen LogP contribution is 2.15. The van der Waals surface area contributed by atoms with E-state index in [0.717, 1.165) is 5.56 Å². The molecule has 1 unspecified atom stereocenters. The van der Waals surface area contributed by atoms with Crippen LogP contribution >= 0.6 is 0 Å². The summed E-state index contributed by atoms with van der Waals surface area (Å²) in [6.07, 6.45) is 0. The molecular formula is C12H15N5O2. The molecule has 7 nitrogen and oxygen atoms in total. The fourth-order valence-electron chi connectivity index (χ4n) is 1.51. The largest absolute Gasteiger partial charge is 0.408 e. The highest BCUT2D eigenvalue weighted by atomic mass is 16.4. The quantitative estimate of drug-likeness (QED) is 0.783. The summed E-state index contributed by atoms with van der Waals surface area (Å²) in [5, 5.41) is 12.4. The van der Waals surface area contributed by atoms with Crippen molar-refractivity contribution in [2.75, 3.05) is 10.6 Å². The van der Waals surface area contributed by atoms with Crippen LogP contribution in [0.25, 0.3) is 0 Å². The molecule has 1 aromatic heterocycles. The summed E-state index contributed by atoms with van der Waals surface area (Å²) in [4.78, 5) is 11.7. The third kappa shape index (κ3) is 3.52. The molecule has 0 saturated carbocycles. The molecular weight excluding hydrogens is 246 g/mol. The van der Waals surface area contributed by atoms with Crippen molar-refractivity contribution in [1.29, 1.82) is 0 Å². The zero-order valence-electron chi connectivity index (χ0n) is 10.7. The van der Waals surface area contributed by atoms with Gasteiger partial charge in [-0.25, -0.2) is 4.79 Å². The van der Waals surface area contributed by atoms with E-state index in [2.05, 4.69) is 20.8 Å². The van der Waals surface area contributed by atoms with Crippen LogP contribution in [0.4, 0.5) is 16.5 Å². The molecule has 4 N–H and O–H groups in total. The molecule has 0 fully saturated rings. The number of benzene rings is 1. The first kappa shape index (κ1) is 13.0. The Bertz CT molecular complexity index is 579. The Morgan fingerprint density at radius 1 is 1.37 bits per heavy atom. The lowest BCUT2D eigenvalue weighted by atomic mass is 10.1. The summed E-state index contributed by atoms with van der Waals surface area (Å²) < 4.78 is 5.04. The van der Waals surface area contributed by atoms with Gasteiger partial charge in [0.1, 0.15) is 0 Å². The van der Waals surface area contributed by atoms with Gasteiger partial charge in [0.05, 0.1) is 0 Å². The van der Waals surface area contributed by atoms with E-state index in [1.807, 2.05) is 25.1 Å². The Kier molecular flexibility index (Phi) is 3.76. The first-order chi connectivity index (χ1) is 9.04. The summed E-state index contributed by atoms with van der Waals surface area (Å²) in [5.41, 5.74) is 7.36. The molecule has 7 heteroatoms. The fourth-order valence-corrected chi connectivity index (χ4v) is 1.51. The Hall–Kier alpha value is -2.41. The van der Waals surface area contributed by atoms with E-state index in [9.17, 15) is 4.79 Å². The maximum absolute atomic E-state index is 11.7. The van der Waals surface area contributed by atoms with Gasteiger partial charge in [-0.05, 0) is 24.6 Å². The molecule has 2 amide bonds. The minimum absolute atomic E-state index is 0.0540. The first-order valence-corrected chi connectivity index (χ1v) is 5.78. The zero-order valence-corrected chi connectivity index (χ0v) is 10.7. The first-order valence-electron chi connectivity index (χ1n) is 5.78. The van der Waals surface area contributed by atoms with Crippen molar-refractivity contribution in [3.63, 3.8) is 0 Å². The van der Waals surface area contributed by atoms with Crippen LogP contribution in [0.5, 0.6) is 0 Å². The molecule has 0 aliphatic rings. The van der Waals surface area contributed by atoms with Crippen molar-refractivity contribution in [3.05, 3.63) is 35.7 Å². The zero-order chi connectivity index (χ0) is 13.8. The summed E-state index contributed by atoms with van der Waals surface area (Å²) in [5.74, 6) is 0.384. The third-order valence-electron chi connectivity index (χ3n) is 2.42. The molecule has 2 aromatic rings. The van der Waals surface area contributed by atoms with Gasteiger partial charge in [0.2, 0.25) is 5.89 Å². The number of urea groups is 1. The van der Waals surface area contributed by atoms with Crippen molar-refractivity contribution in [2.24, 2.45) is 5.73 Å². The van der Waals surface area contributed by atoms with Crippen molar-refractivity contribution >= 4 is 17.7 Å². The SMILES string of the molecule is Cc1nnc(NC(=O)Nc2cccc(C(C)N)c2)o1. The molecule has 0 spiro atoms. The van der Waals surface area contributed by atoms with E-state index < -0.39 is 6.03 Å². The third-order valence-corrected chi connectivity index (χ3v) is 2.42.